The number of thiocarbonyl (C=S) groups is 1. The summed E-state index contributed by atoms with van der Waals surface area (Å²) in [6.07, 6.45) is 3.47. The van der Waals surface area contributed by atoms with Gasteiger partial charge in [-0.25, -0.2) is 4.39 Å². The molecule has 1 fully saturated rings. The molecule has 5 nitrogen and oxygen atoms in total. The number of amides is 2. The maximum absolute atomic E-state index is 13.5. The third-order valence-corrected chi connectivity index (χ3v) is 6.07. The largest absolute Gasteiger partial charge is 0.343 e. The van der Waals surface area contributed by atoms with Gasteiger partial charge in [-0.2, -0.15) is 0 Å². The van der Waals surface area contributed by atoms with Gasteiger partial charge < -0.3 is 4.57 Å². The van der Waals surface area contributed by atoms with E-state index in [0.29, 0.717) is 22.8 Å². The number of rotatable bonds is 4. The van der Waals surface area contributed by atoms with E-state index in [4.69, 9.17) is 23.8 Å². The molecule has 1 N–H and O–H groups in total. The van der Waals surface area contributed by atoms with Crippen molar-refractivity contribution >= 4 is 63.4 Å². The van der Waals surface area contributed by atoms with Crippen LogP contribution in [0.15, 0.2) is 84.6 Å². The maximum Gasteiger partial charge on any atom is 0.270 e. The lowest BCUT2D eigenvalue weighted by molar-refractivity contribution is -0.122. The van der Waals surface area contributed by atoms with Crippen LogP contribution in [0.3, 0.4) is 0 Å². The molecule has 1 aliphatic heterocycles. The first-order valence-corrected chi connectivity index (χ1v) is 11.2. The normalized spacial score (nSPS) is 15.3. The van der Waals surface area contributed by atoms with Crippen LogP contribution in [-0.2, 0) is 16.1 Å². The Morgan fingerprint density at radius 1 is 1.00 bits per heavy atom. The Balaban J connectivity index is 1.45. The van der Waals surface area contributed by atoms with Crippen molar-refractivity contribution in [3.63, 3.8) is 0 Å². The fourth-order valence-electron chi connectivity index (χ4n) is 3.93. The summed E-state index contributed by atoms with van der Waals surface area (Å²) >= 11 is 11.2. The van der Waals surface area contributed by atoms with Crippen LogP contribution in [0, 0.1) is 5.82 Å². The van der Waals surface area contributed by atoms with Crippen molar-refractivity contribution in [3.05, 3.63) is 107 Å². The van der Waals surface area contributed by atoms with Crippen LogP contribution in [0.25, 0.3) is 17.0 Å². The average Bonchev–Trinajstić information content (AvgIpc) is 3.20. The minimum atomic E-state index is -0.552. The minimum Gasteiger partial charge on any atom is -0.343 e. The van der Waals surface area contributed by atoms with E-state index in [-0.39, 0.29) is 16.5 Å². The highest BCUT2D eigenvalue weighted by Gasteiger charge is 2.34. The summed E-state index contributed by atoms with van der Waals surface area (Å²) in [5.41, 5.74) is 2.98. The molecule has 1 aromatic heterocycles. The molecule has 1 saturated heterocycles. The number of nitrogens with one attached hydrogen (secondary N) is 1. The molecule has 0 atom stereocenters. The highest BCUT2D eigenvalue weighted by atomic mass is 35.5. The zero-order valence-electron chi connectivity index (χ0n) is 17.7. The number of hydrogen-bond acceptors (Lipinski definition) is 3. The monoisotopic (exact) mass is 489 g/mol. The molecular formula is C26H17ClFN3O2S. The fraction of sp³-hybridized carbons (Fsp3) is 0.0385. The summed E-state index contributed by atoms with van der Waals surface area (Å²) < 4.78 is 15.5. The van der Waals surface area contributed by atoms with Crippen LogP contribution in [0.1, 0.15) is 11.1 Å². The van der Waals surface area contributed by atoms with Crippen LogP contribution in [-0.4, -0.2) is 21.5 Å². The summed E-state index contributed by atoms with van der Waals surface area (Å²) in [6, 6.07) is 20.7. The Labute approximate surface area is 205 Å². The molecule has 168 valence electrons. The summed E-state index contributed by atoms with van der Waals surface area (Å²) in [7, 11) is 0. The number of nitrogens with zero attached hydrogens (tertiary/aromatic N) is 2. The topological polar surface area (TPSA) is 54.3 Å². The second kappa shape index (κ2) is 8.85. The molecule has 0 spiro atoms. The Bertz CT molecular complexity index is 1490. The smallest absolute Gasteiger partial charge is 0.270 e. The summed E-state index contributed by atoms with van der Waals surface area (Å²) in [5, 5.41) is 4.05. The zero-order chi connectivity index (χ0) is 23.8. The van der Waals surface area contributed by atoms with Crippen molar-refractivity contribution in [1.29, 1.82) is 0 Å². The standard InChI is InChI=1S/C26H17ClFN3O2S/c27-19-5-7-21(8-6-19)31-25(33)22(24(32)29-26(31)34)14-16-4-9-23-18(12-16)10-11-30(23)15-17-2-1-3-20(28)13-17/h1-14H,15H2,(H,29,32,34)/b22-14-. The van der Waals surface area contributed by atoms with E-state index in [9.17, 15) is 14.0 Å². The SMILES string of the molecule is O=C1NC(=S)N(c2ccc(Cl)cc2)C(=O)/C1=C\c1ccc2c(ccn2Cc2cccc(F)c2)c1. The zero-order valence-corrected chi connectivity index (χ0v) is 19.2. The molecule has 34 heavy (non-hydrogen) atoms. The number of aromatic nitrogens is 1. The molecule has 0 bridgehead atoms. The second-order valence-corrected chi connectivity index (χ2v) is 8.65. The Hall–Kier alpha value is -3.81. The molecule has 0 radical (unpaired) electrons. The van der Waals surface area contributed by atoms with Gasteiger partial charge in [-0.05, 0) is 84.0 Å². The number of benzene rings is 3. The van der Waals surface area contributed by atoms with Gasteiger partial charge in [0.2, 0.25) is 0 Å². The van der Waals surface area contributed by atoms with Gasteiger partial charge in [0, 0.05) is 28.7 Å². The molecule has 5 rings (SSSR count). The predicted octanol–water partition coefficient (Wildman–Crippen LogP) is 5.31. The first-order chi connectivity index (χ1) is 16.4. The van der Waals surface area contributed by atoms with Crippen molar-refractivity contribution in [2.45, 2.75) is 6.54 Å². The Morgan fingerprint density at radius 2 is 1.79 bits per heavy atom. The Kier molecular flexibility index (Phi) is 5.73. The van der Waals surface area contributed by atoms with Gasteiger partial charge in [0.05, 0.1) is 5.69 Å². The van der Waals surface area contributed by atoms with E-state index in [0.717, 1.165) is 16.5 Å². The number of carbonyl (C=O) groups is 2. The molecular weight excluding hydrogens is 473 g/mol. The highest BCUT2D eigenvalue weighted by Crippen LogP contribution is 2.25. The van der Waals surface area contributed by atoms with Gasteiger partial charge in [-0.3, -0.25) is 19.8 Å². The second-order valence-electron chi connectivity index (χ2n) is 7.83. The van der Waals surface area contributed by atoms with E-state index in [1.807, 2.05) is 41.1 Å². The third-order valence-electron chi connectivity index (χ3n) is 5.53. The lowest BCUT2D eigenvalue weighted by Gasteiger charge is -2.28. The van der Waals surface area contributed by atoms with Crippen LogP contribution >= 0.6 is 23.8 Å². The number of hydrogen-bond donors (Lipinski definition) is 1. The molecule has 2 amide bonds. The lowest BCUT2D eigenvalue weighted by atomic mass is 10.1. The molecule has 0 aliphatic carbocycles. The molecule has 3 aromatic carbocycles. The van der Waals surface area contributed by atoms with Gasteiger partial charge in [0.25, 0.3) is 11.8 Å². The van der Waals surface area contributed by atoms with E-state index in [2.05, 4.69) is 5.32 Å². The molecule has 0 saturated carbocycles. The molecule has 0 unspecified atom stereocenters. The quantitative estimate of drug-likeness (QED) is 0.240. The van der Waals surface area contributed by atoms with Gasteiger partial charge in [0.15, 0.2) is 5.11 Å². The van der Waals surface area contributed by atoms with Crippen molar-refractivity contribution in [3.8, 4) is 0 Å². The van der Waals surface area contributed by atoms with Crippen LogP contribution in [0.4, 0.5) is 10.1 Å². The summed E-state index contributed by atoms with van der Waals surface area (Å²) in [5.74, 6) is -1.34. The number of carbonyl (C=O) groups excluding carboxylic acids is 2. The van der Waals surface area contributed by atoms with Gasteiger partial charge in [0.1, 0.15) is 11.4 Å². The Morgan fingerprint density at radius 3 is 2.56 bits per heavy atom. The third kappa shape index (κ3) is 4.23. The van der Waals surface area contributed by atoms with Crippen LogP contribution in [0.2, 0.25) is 5.02 Å². The van der Waals surface area contributed by atoms with Gasteiger partial charge in [-0.15, -0.1) is 0 Å². The fourth-order valence-corrected chi connectivity index (χ4v) is 4.33. The average molecular weight is 490 g/mol. The number of anilines is 1. The summed E-state index contributed by atoms with van der Waals surface area (Å²) in [4.78, 5) is 27.0. The van der Waals surface area contributed by atoms with E-state index >= 15 is 0 Å². The molecule has 1 aliphatic rings. The molecule has 2 heterocycles. The highest BCUT2D eigenvalue weighted by molar-refractivity contribution is 7.80. The minimum absolute atomic E-state index is 0.0133. The van der Waals surface area contributed by atoms with Crippen molar-refractivity contribution in [1.82, 2.24) is 9.88 Å². The van der Waals surface area contributed by atoms with Crippen LogP contribution in [0.5, 0.6) is 0 Å². The first kappa shape index (κ1) is 22.0. The molecule has 8 heteroatoms. The number of fused-ring (bicyclic) bond motifs is 1. The van der Waals surface area contributed by atoms with Crippen molar-refractivity contribution in [2.75, 3.05) is 4.90 Å². The van der Waals surface area contributed by atoms with Crippen LogP contribution < -0.4 is 10.2 Å². The van der Waals surface area contributed by atoms with Gasteiger partial charge >= 0.3 is 0 Å². The lowest BCUT2D eigenvalue weighted by Crippen LogP contribution is -2.54. The van der Waals surface area contributed by atoms with E-state index < -0.39 is 11.8 Å². The van der Waals surface area contributed by atoms with E-state index in [1.165, 1.54) is 17.0 Å². The predicted molar refractivity (Wildman–Crippen MR) is 135 cm³/mol. The maximum atomic E-state index is 13.5. The number of halogens is 2. The molecule has 4 aromatic rings. The van der Waals surface area contributed by atoms with Gasteiger partial charge in [-0.1, -0.05) is 29.8 Å². The van der Waals surface area contributed by atoms with Crippen molar-refractivity contribution < 1.29 is 14.0 Å². The van der Waals surface area contributed by atoms with E-state index in [1.54, 1.807) is 36.4 Å². The first-order valence-electron chi connectivity index (χ1n) is 10.4. The van der Waals surface area contributed by atoms with Crippen molar-refractivity contribution in [2.24, 2.45) is 0 Å². The summed E-state index contributed by atoms with van der Waals surface area (Å²) in [6.45, 7) is 0.524.